The summed E-state index contributed by atoms with van der Waals surface area (Å²) in [5.41, 5.74) is 1.23. The lowest BCUT2D eigenvalue weighted by molar-refractivity contribution is -0.963. The number of nitrogens with zero attached hydrogens (tertiary/aromatic N) is 1. The van der Waals surface area contributed by atoms with E-state index in [1.807, 2.05) is 26.1 Å². The van der Waals surface area contributed by atoms with Crippen LogP contribution in [0.25, 0.3) is 0 Å². The van der Waals surface area contributed by atoms with Crippen molar-refractivity contribution in [1.29, 1.82) is 0 Å². The van der Waals surface area contributed by atoms with Crippen molar-refractivity contribution in [2.24, 2.45) is 5.92 Å². The monoisotopic (exact) mass is 207 g/mol. The van der Waals surface area contributed by atoms with E-state index in [1.165, 1.54) is 25.2 Å². The van der Waals surface area contributed by atoms with Crippen molar-refractivity contribution in [3.63, 3.8) is 0 Å². The molecule has 1 aromatic heterocycles. The summed E-state index contributed by atoms with van der Waals surface area (Å²) >= 11 is 0. The second kappa shape index (κ2) is 6.57. The summed E-state index contributed by atoms with van der Waals surface area (Å²) in [5.74, 6) is 0.971. The first-order chi connectivity index (χ1) is 7.38. The van der Waals surface area contributed by atoms with Crippen LogP contribution < -0.4 is 4.90 Å². The molecule has 0 amide bonds. The van der Waals surface area contributed by atoms with Crippen LogP contribution in [0.4, 0.5) is 0 Å². The Morgan fingerprint density at radius 3 is 2.60 bits per heavy atom. The molecular weight excluding hydrogens is 184 g/mol. The predicted octanol–water partition coefficient (Wildman–Crippen LogP) is 1.53. The van der Waals surface area contributed by atoms with Crippen LogP contribution in [-0.2, 0) is 6.54 Å². The van der Waals surface area contributed by atoms with E-state index >= 15 is 0 Å². The maximum atomic E-state index is 4.33. The lowest BCUT2D eigenvalue weighted by atomic mass is 9.97. The summed E-state index contributed by atoms with van der Waals surface area (Å²) in [7, 11) is 0. The molecule has 0 spiro atoms. The Balaban J connectivity index is 0.000000531. The van der Waals surface area contributed by atoms with Crippen LogP contribution in [0.2, 0.25) is 0 Å². The third-order valence-corrected chi connectivity index (χ3v) is 2.89. The first kappa shape index (κ1) is 12.2. The Labute approximate surface area is 93.3 Å². The number of rotatable bonds is 3. The van der Waals surface area contributed by atoms with Gasteiger partial charge in [-0.3, -0.25) is 4.98 Å². The molecule has 2 heteroatoms. The van der Waals surface area contributed by atoms with Gasteiger partial charge < -0.3 is 4.90 Å². The van der Waals surface area contributed by atoms with Gasteiger partial charge in [-0.05, 0) is 18.6 Å². The summed E-state index contributed by atoms with van der Waals surface area (Å²) in [4.78, 5) is 6.02. The van der Waals surface area contributed by atoms with Crippen LogP contribution in [0.15, 0.2) is 24.4 Å². The van der Waals surface area contributed by atoms with E-state index < -0.39 is 0 Å². The first-order valence-electron chi connectivity index (χ1n) is 6.12. The van der Waals surface area contributed by atoms with Crippen LogP contribution >= 0.6 is 0 Å². The maximum absolute atomic E-state index is 4.33. The Bertz CT molecular complexity index is 252. The molecule has 0 saturated carbocycles. The molecule has 1 aliphatic rings. The van der Waals surface area contributed by atoms with E-state index in [1.54, 1.807) is 4.90 Å². The first-order valence-corrected chi connectivity index (χ1v) is 6.12. The minimum absolute atomic E-state index is 0.971. The molecule has 0 radical (unpaired) electrons. The van der Waals surface area contributed by atoms with Crippen LogP contribution in [0.1, 0.15) is 32.9 Å². The molecule has 2 heterocycles. The molecule has 1 fully saturated rings. The van der Waals surface area contributed by atoms with Crippen LogP contribution in [0.3, 0.4) is 0 Å². The number of quaternary nitrogens is 1. The number of aromatic nitrogens is 1. The third kappa shape index (κ3) is 3.63. The summed E-state index contributed by atoms with van der Waals surface area (Å²) in [5, 5.41) is 0. The normalized spacial score (nSPS) is 23.7. The van der Waals surface area contributed by atoms with Crippen molar-refractivity contribution < 1.29 is 4.90 Å². The number of pyridine rings is 1. The summed E-state index contributed by atoms with van der Waals surface area (Å²) in [6, 6.07) is 6.16. The molecule has 0 aliphatic carbocycles. The van der Waals surface area contributed by atoms with E-state index in [0.29, 0.717) is 0 Å². The van der Waals surface area contributed by atoms with Crippen molar-refractivity contribution in [1.82, 2.24) is 4.98 Å². The minimum atomic E-state index is 0.971. The maximum Gasteiger partial charge on any atom is 0.120 e. The van der Waals surface area contributed by atoms with Crippen LogP contribution in [0.5, 0.6) is 0 Å². The van der Waals surface area contributed by atoms with Crippen molar-refractivity contribution in [3.05, 3.63) is 30.1 Å². The highest BCUT2D eigenvalue weighted by molar-refractivity contribution is 5.01. The Morgan fingerprint density at radius 1 is 1.33 bits per heavy atom. The van der Waals surface area contributed by atoms with Gasteiger partial charge in [0.05, 0.1) is 24.7 Å². The fraction of sp³-hybridized carbons (Fsp3) is 0.615. The summed E-state index contributed by atoms with van der Waals surface area (Å²) < 4.78 is 0. The van der Waals surface area contributed by atoms with Crippen LogP contribution in [-0.4, -0.2) is 18.1 Å². The standard InChI is InChI=1S/C11H16N2.C2H6/c1-2-10-7-13(8-10)9-11-5-3-4-6-12-11;1-2/h3-6,10H,2,7-9H2,1H3;1-2H3/p+1. The molecule has 0 aromatic carbocycles. The van der Waals surface area contributed by atoms with Crippen molar-refractivity contribution in [2.75, 3.05) is 13.1 Å². The summed E-state index contributed by atoms with van der Waals surface area (Å²) in [6.45, 7) is 10.1. The van der Waals surface area contributed by atoms with Crippen molar-refractivity contribution >= 4 is 0 Å². The predicted molar refractivity (Wildman–Crippen MR) is 63.8 cm³/mol. The second-order valence-corrected chi connectivity index (χ2v) is 3.93. The van der Waals surface area contributed by atoms with E-state index in [-0.39, 0.29) is 0 Å². The largest absolute Gasteiger partial charge is 0.329 e. The van der Waals surface area contributed by atoms with Gasteiger partial charge >= 0.3 is 0 Å². The molecular formula is C13H23N2+. The SMILES string of the molecule is CC.CCC1C[NH+](Cc2ccccn2)C1. The Kier molecular flexibility index (Phi) is 5.33. The zero-order valence-electron chi connectivity index (χ0n) is 10.2. The van der Waals surface area contributed by atoms with Crippen LogP contribution in [0, 0.1) is 5.92 Å². The second-order valence-electron chi connectivity index (χ2n) is 3.93. The quantitative estimate of drug-likeness (QED) is 0.795. The molecule has 84 valence electrons. The van der Waals surface area contributed by atoms with Gasteiger partial charge in [-0.15, -0.1) is 0 Å². The number of hydrogen-bond donors (Lipinski definition) is 1. The number of hydrogen-bond acceptors (Lipinski definition) is 1. The molecule has 1 aliphatic heterocycles. The fourth-order valence-corrected chi connectivity index (χ4v) is 1.95. The van der Waals surface area contributed by atoms with Gasteiger partial charge in [0.2, 0.25) is 0 Å². The zero-order valence-corrected chi connectivity index (χ0v) is 10.2. The lowest BCUT2D eigenvalue weighted by Gasteiger charge is -2.34. The third-order valence-electron chi connectivity index (χ3n) is 2.89. The molecule has 15 heavy (non-hydrogen) atoms. The lowest BCUT2D eigenvalue weighted by Crippen LogP contribution is -3.18. The average molecular weight is 207 g/mol. The summed E-state index contributed by atoms with van der Waals surface area (Å²) in [6.07, 6.45) is 3.22. The molecule has 2 nitrogen and oxygen atoms in total. The van der Waals surface area contributed by atoms with Gasteiger partial charge in [0.25, 0.3) is 0 Å². The Morgan fingerprint density at radius 2 is 2.07 bits per heavy atom. The van der Waals surface area contributed by atoms with Gasteiger partial charge in [-0.2, -0.15) is 0 Å². The van der Waals surface area contributed by atoms with Gasteiger partial charge in [0.1, 0.15) is 6.54 Å². The molecule has 1 aromatic rings. The highest BCUT2D eigenvalue weighted by Crippen LogP contribution is 2.03. The van der Waals surface area contributed by atoms with E-state index in [0.717, 1.165) is 12.5 Å². The molecule has 2 rings (SSSR count). The van der Waals surface area contributed by atoms with Gasteiger partial charge in [0, 0.05) is 6.20 Å². The number of likely N-dealkylation sites (tertiary alicyclic amines) is 1. The molecule has 1 saturated heterocycles. The van der Waals surface area contributed by atoms with Crippen molar-refractivity contribution in [3.8, 4) is 0 Å². The van der Waals surface area contributed by atoms with Gasteiger partial charge in [-0.25, -0.2) is 0 Å². The molecule has 0 atom stereocenters. The minimum Gasteiger partial charge on any atom is -0.329 e. The van der Waals surface area contributed by atoms with Crippen molar-refractivity contribution in [2.45, 2.75) is 33.7 Å². The molecule has 0 unspecified atom stereocenters. The molecule has 1 N–H and O–H groups in total. The fourth-order valence-electron chi connectivity index (χ4n) is 1.95. The van der Waals surface area contributed by atoms with E-state index in [2.05, 4.69) is 24.0 Å². The van der Waals surface area contributed by atoms with E-state index in [9.17, 15) is 0 Å². The zero-order chi connectivity index (χ0) is 11.1. The van der Waals surface area contributed by atoms with Gasteiger partial charge in [-0.1, -0.05) is 26.8 Å². The smallest absolute Gasteiger partial charge is 0.120 e. The average Bonchev–Trinajstić information content (AvgIpc) is 2.27. The molecule has 0 bridgehead atoms. The van der Waals surface area contributed by atoms with Gasteiger partial charge in [0.15, 0.2) is 0 Å². The van der Waals surface area contributed by atoms with E-state index in [4.69, 9.17) is 0 Å². The number of nitrogens with one attached hydrogen (secondary N) is 1. The Hall–Kier alpha value is -0.890. The topological polar surface area (TPSA) is 17.3 Å². The highest BCUT2D eigenvalue weighted by atomic mass is 15.2. The highest BCUT2D eigenvalue weighted by Gasteiger charge is 2.29.